The average molecular weight is 314 g/mol. The van der Waals surface area contributed by atoms with Crippen molar-refractivity contribution in [2.45, 2.75) is 19.4 Å². The summed E-state index contributed by atoms with van der Waals surface area (Å²) in [5.41, 5.74) is 0. The van der Waals surface area contributed by atoms with Gasteiger partial charge < -0.3 is 10.0 Å². The van der Waals surface area contributed by atoms with Crippen molar-refractivity contribution in [3.05, 3.63) is 22.8 Å². The summed E-state index contributed by atoms with van der Waals surface area (Å²) in [6.07, 6.45) is 2.46. The van der Waals surface area contributed by atoms with E-state index in [1.807, 2.05) is 25.3 Å². The number of piperazine rings is 1. The highest BCUT2D eigenvalue weighted by Gasteiger charge is 2.20. The lowest BCUT2D eigenvalue weighted by Crippen LogP contribution is -2.48. The predicted octanol–water partition coefficient (Wildman–Crippen LogP) is 1.74. The lowest BCUT2D eigenvalue weighted by atomic mass is 10.2. The van der Waals surface area contributed by atoms with E-state index < -0.39 is 0 Å². The summed E-state index contributed by atoms with van der Waals surface area (Å²) in [5.74, 6) is 1.02. The summed E-state index contributed by atoms with van der Waals surface area (Å²) < 4.78 is 1.05. The number of hydrogen-bond acceptors (Lipinski definition) is 4. The van der Waals surface area contributed by atoms with E-state index in [2.05, 4.69) is 30.7 Å². The number of anilines is 1. The molecule has 1 N–H and O–H groups in total. The van der Waals surface area contributed by atoms with Crippen LogP contribution < -0.4 is 4.90 Å². The van der Waals surface area contributed by atoms with Gasteiger partial charge in [0, 0.05) is 38.9 Å². The van der Waals surface area contributed by atoms with Gasteiger partial charge in [-0.05, 0) is 34.5 Å². The van der Waals surface area contributed by atoms with E-state index >= 15 is 0 Å². The van der Waals surface area contributed by atoms with Crippen molar-refractivity contribution in [1.82, 2.24) is 9.88 Å². The first-order valence-electron chi connectivity index (χ1n) is 6.46. The maximum Gasteiger partial charge on any atom is 0.142 e. The second kappa shape index (κ2) is 6.50. The first kappa shape index (κ1) is 13.8. The van der Waals surface area contributed by atoms with Gasteiger partial charge in [0.25, 0.3) is 0 Å². The minimum Gasteiger partial charge on any atom is -0.392 e. The van der Waals surface area contributed by atoms with Gasteiger partial charge in [-0.2, -0.15) is 0 Å². The third-order valence-electron chi connectivity index (χ3n) is 3.35. The maximum absolute atomic E-state index is 9.66. The van der Waals surface area contributed by atoms with Gasteiger partial charge in [0.15, 0.2) is 0 Å². The summed E-state index contributed by atoms with van der Waals surface area (Å²) in [7, 11) is 0. The molecule has 5 heteroatoms. The highest BCUT2D eigenvalue weighted by molar-refractivity contribution is 9.10. The molecule has 0 radical (unpaired) electrons. The molecule has 2 rings (SSSR count). The third kappa shape index (κ3) is 3.43. The number of pyridine rings is 1. The smallest absolute Gasteiger partial charge is 0.142 e. The Labute approximate surface area is 117 Å². The van der Waals surface area contributed by atoms with Crippen LogP contribution >= 0.6 is 15.9 Å². The predicted molar refractivity (Wildman–Crippen MR) is 76.9 cm³/mol. The average Bonchev–Trinajstić information content (AvgIpc) is 2.40. The summed E-state index contributed by atoms with van der Waals surface area (Å²) >= 11 is 3.54. The zero-order valence-corrected chi connectivity index (χ0v) is 12.3. The number of nitrogens with zero attached hydrogens (tertiary/aromatic N) is 3. The van der Waals surface area contributed by atoms with Crippen LogP contribution in [0.4, 0.5) is 5.82 Å². The standard InChI is InChI=1S/C13H20BrN3O/c1-2-11(18)10-16-6-8-17(9-7-16)13-12(14)4-3-5-15-13/h3-5,11,18H,2,6-10H2,1H3/t11-/m0/s1. The molecule has 0 bridgehead atoms. The largest absolute Gasteiger partial charge is 0.392 e. The van der Waals surface area contributed by atoms with Crippen LogP contribution in [0.25, 0.3) is 0 Å². The molecule has 0 spiro atoms. The van der Waals surface area contributed by atoms with Crippen LogP contribution in [0.5, 0.6) is 0 Å². The van der Waals surface area contributed by atoms with Crippen LogP contribution in [0, 0.1) is 0 Å². The molecule has 1 atom stereocenters. The van der Waals surface area contributed by atoms with E-state index in [4.69, 9.17) is 0 Å². The van der Waals surface area contributed by atoms with Crippen molar-refractivity contribution in [1.29, 1.82) is 0 Å². The zero-order valence-electron chi connectivity index (χ0n) is 10.7. The Hall–Kier alpha value is -0.650. The first-order chi connectivity index (χ1) is 8.70. The number of rotatable bonds is 4. The van der Waals surface area contributed by atoms with Gasteiger partial charge in [-0.15, -0.1) is 0 Å². The Morgan fingerprint density at radius 1 is 1.39 bits per heavy atom. The number of aromatic nitrogens is 1. The Balaban J connectivity index is 1.89. The molecule has 1 aliphatic heterocycles. The summed E-state index contributed by atoms with van der Waals surface area (Å²) in [6, 6.07) is 3.96. The lowest BCUT2D eigenvalue weighted by molar-refractivity contribution is 0.106. The van der Waals surface area contributed by atoms with Gasteiger partial charge in [0.1, 0.15) is 5.82 Å². The first-order valence-corrected chi connectivity index (χ1v) is 7.26. The Morgan fingerprint density at radius 2 is 2.11 bits per heavy atom. The summed E-state index contributed by atoms with van der Waals surface area (Å²) in [4.78, 5) is 9.03. The number of aliphatic hydroxyl groups is 1. The van der Waals surface area contributed by atoms with Gasteiger partial charge in [0.05, 0.1) is 10.6 Å². The van der Waals surface area contributed by atoms with Crippen molar-refractivity contribution >= 4 is 21.7 Å². The maximum atomic E-state index is 9.66. The van der Waals surface area contributed by atoms with Crippen LogP contribution in [-0.2, 0) is 0 Å². The SMILES string of the molecule is CC[C@H](O)CN1CCN(c2ncccc2Br)CC1. The third-order valence-corrected chi connectivity index (χ3v) is 3.97. The molecule has 4 nitrogen and oxygen atoms in total. The second-order valence-electron chi connectivity index (χ2n) is 4.66. The molecule has 1 aliphatic rings. The fraction of sp³-hybridized carbons (Fsp3) is 0.615. The molecule has 0 aromatic carbocycles. The zero-order chi connectivity index (χ0) is 13.0. The van der Waals surface area contributed by atoms with E-state index in [1.54, 1.807) is 0 Å². The summed E-state index contributed by atoms with van der Waals surface area (Å²) in [6.45, 7) is 6.71. The minimum absolute atomic E-state index is 0.196. The minimum atomic E-state index is -0.196. The number of hydrogen-bond donors (Lipinski definition) is 1. The molecular weight excluding hydrogens is 294 g/mol. The van der Waals surface area contributed by atoms with Crippen LogP contribution in [0.1, 0.15) is 13.3 Å². The van der Waals surface area contributed by atoms with Crippen molar-refractivity contribution in [3.8, 4) is 0 Å². The van der Waals surface area contributed by atoms with Crippen molar-refractivity contribution in [2.75, 3.05) is 37.6 Å². The molecule has 1 aromatic heterocycles. The molecule has 0 saturated carbocycles. The van der Waals surface area contributed by atoms with Crippen molar-refractivity contribution < 1.29 is 5.11 Å². The van der Waals surface area contributed by atoms with Gasteiger partial charge in [-0.1, -0.05) is 6.92 Å². The van der Waals surface area contributed by atoms with Gasteiger partial charge in [0.2, 0.25) is 0 Å². The molecular formula is C13H20BrN3O. The topological polar surface area (TPSA) is 39.6 Å². The molecule has 1 fully saturated rings. The quantitative estimate of drug-likeness (QED) is 0.919. The van der Waals surface area contributed by atoms with E-state index in [0.717, 1.165) is 49.4 Å². The highest BCUT2D eigenvalue weighted by atomic mass is 79.9. The van der Waals surface area contributed by atoms with Gasteiger partial charge in [-0.3, -0.25) is 4.90 Å². The Kier molecular flexibility index (Phi) is 4.97. The van der Waals surface area contributed by atoms with Crippen LogP contribution in [0.15, 0.2) is 22.8 Å². The Morgan fingerprint density at radius 3 is 2.72 bits per heavy atom. The van der Waals surface area contributed by atoms with Gasteiger partial charge >= 0.3 is 0 Å². The molecule has 100 valence electrons. The molecule has 0 amide bonds. The molecule has 1 saturated heterocycles. The van der Waals surface area contributed by atoms with E-state index in [0.29, 0.717) is 0 Å². The fourth-order valence-corrected chi connectivity index (χ4v) is 2.69. The van der Waals surface area contributed by atoms with E-state index in [9.17, 15) is 5.11 Å². The fourth-order valence-electron chi connectivity index (χ4n) is 2.18. The number of halogens is 1. The molecule has 0 unspecified atom stereocenters. The van der Waals surface area contributed by atoms with Gasteiger partial charge in [-0.25, -0.2) is 4.98 Å². The number of β-amino-alcohol motifs (C(OH)–C–C–N with tert-alkyl or cyclic N) is 1. The van der Waals surface area contributed by atoms with Crippen molar-refractivity contribution in [2.24, 2.45) is 0 Å². The molecule has 0 aliphatic carbocycles. The van der Waals surface area contributed by atoms with Crippen LogP contribution in [0.3, 0.4) is 0 Å². The molecule has 18 heavy (non-hydrogen) atoms. The normalized spacial score (nSPS) is 18.9. The molecule has 1 aromatic rings. The van der Waals surface area contributed by atoms with Crippen LogP contribution in [-0.4, -0.2) is 53.8 Å². The Bertz CT molecular complexity index is 380. The van der Waals surface area contributed by atoms with E-state index in [1.165, 1.54) is 0 Å². The van der Waals surface area contributed by atoms with Crippen LogP contribution in [0.2, 0.25) is 0 Å². The van der Waals surface area contributed by atoms with E-state index in [-0.39, 0.29) is 6.10 Å². The number of aliphatic hydroxyl groups excluding tert-OH is 1. The summed E-state index contributed by atoms with van der Waals surface area (Å²) in [5, 5.41) is 9.66. The lowest BCUT2D eigenvalue weighted by Gasteiger charge is -2.36. The highest BCUT2D eigenvalue weighted by Crippen LogP contribution is 2.23. The van der Waals surface area contributed by atoms with Crippen molar-refractivity contribution in [3.63, 3.8) is 0 Å². The monoisotopic (exact) mass is 313 g/mol. The second-order valence-corrected chi connectivity index (χ2v) is 5.51. The molecule has 2 heterocycles.